The highest BCUT2D eigenvalue weighted by Crippen LogP contribution is 2.46. The molecule has 2 atom stereocenters. The molecule has 1 aromatic heterocycles. The van der Waals surface area contributed by atoms with Gasteiger partial charge >= 0.3 is 0 Å². The number of Topliss-reactive ketones (excluding diaryl/α,β-unsaturated/α-hetero) is 1. The van der Waals surface area contributed by atoms with E-state index in [0.29, 0.717) is 11.3 Å². The molecular formula is C20H19BrO2S. The summed E-state index contributed by atoms with van der Waals surface area (Å²) in [7, 11) is 0. The highest BCUT2D eigenvalue weighted by Gasteiger charge is 2.41. The Morgan fingerprint density at radius 1 is 1.25 bits per heavy atom. The van der Waals surface area contributed by atoms with Crippen LogP contribution in [0, 0.1) is 11.8 Å². The second-order valence-electron chi connectivity index (χ2n) is 6.69. The summed E-state index contributed by atoms with van der Waals surface area (Å²) in [6.45, 7) is 2.10. The fraction of sp³-hybridized carbons (Fsp3) is 0.350. The molecule has 0 amide bonds. The van der Waals surface area contributed by atoms with Gasteiger partial charge in [-0.15, -0.1) is 11.3 Å². The predicted molar refractivity (Wildman–Crippen MR) is 102 cm³/mol. The number of benzene rings is 1. The molecule has 24 heavy (non-hydrogen) atoms. The zero-order valence-electron chi connectivity index (χ0n) is 13.5. The summed E-state index contributed by atoms with van der Waals surface area (Å²) in [5.41, 5.74) is 3.75. The first-order valence-corrected chi connectivity index (χ1v) is 10.1. The van der Waals surface area contributed by atoms with E-state index in [1.807, 2.05) is 0 Å². The molecule has 4 rings (SSSR count). The number of hydrogen-bond acceptors (Lipinski definition) is 3. The number of fused-ring (bicyclic) bond motifs is 2. The third-order valence-corrected chi connectivity index (χ3v) is 7.04. The maximum Gasteiger partial charge on any atom is 0.169 e. The van der Waals surface area contributed by atoms with Gasteiger partial charge in [-0.1, -0.05) is 19.1 Å². The number of allylic oxidation sites excluding steroid dienone is 2. The van der Waals surface area contributed by atoms with Gasteiger partial charge in [0.25, 0.3) is 0 Å². The number of hydrogen-bond donors (Lipinski definition) is 1. The lowest BCUT2D eigenvalue weighted by molar-refractivity contribution is -0.117. The van der Waals surface area contributed by atoms with E-state index in [4.69, 9.17) is 0 Å². The summed E-state index contributed by atoms with van der Waals surface area (Å²) in [5, 5.41) is 12.8. The second-order valence-corrected chi connectivity index (χ2v) is 8.51. The molecule has 2 bridgehead atoms. The molecule has 2 aliphatic carbocycles. The minimum atomic E-state index is 0.102. The third kappa shape index (κ3) is 2.56. The van der Waals surface area contributed by atoms with Crippen molar-refractivity contribution >= 4 is 38.6 Å². The first-order chi connectivity index (χ1) is 11.6. The fourth-order valence-corrected chi connectivity index (χ4v) is 5.43. The van der Waals surface area contributed by atoms with E-state index in [1.165, 1.54) is 0 Å². The van der Waals surface area contributed by atoms with Crippen LogP contribution in [0.15, 0.2) is 39.9 Å². The van der Waals surface area contributed by atoms with E-state index >= 15 is 0 Å². The third-order valence-electron chi connectivity index (χ3n) is 5.30. The van der Waals surface area contributed by atoms with Gasteiger partial charge in [-0.2, -0.15) is 0 Å². The average Bonchev–Trinajstić information content (AvgIpc) is 3.21. The lowest BCUT2D eigenvalue weighted by atomic mass is 9.81. The van der Waals surface area contributed by atoms with Gasteiger partial charge in [0, 0.05) is 26.6 Å². The Bertz CT molecular complexity index is 849. The van der Waals surface area contributed by atoms with Crippen molar-refractivity contribution in [2.75, 3.05) is 0 Å². The summed E-state index contributed by atoms with van der Waals surface area (Å²) in [6, 6.07) is 8.39. The number of carbonyl (C=O) groups excluding carboxylic acids is 1. The zero-order valence-corrected chi connectivity index (χ0v) is 15.9. The first kappa shape index (κ1) is 16.1. The molecule has 0 aliphatic heterocycles. The Labute approximate surface area is 154 Å². The molecule has 1 aromatic carbocycles. The van der Waals surface area contributed by atoms with E-state index in [2.05, 4.69) is 52.5 Å². The van der Waals surface area contributed by atoms with Gasteiger partial charge < -0.3 is 5.11 Å². The number of halogens is 1. The van der Waals surface area contributed by atoms with Crippen LogP contribution >= 0.6 is 27.3 Å². The molecule has 0 radical (unpaired) electrons. The fourth-order valence-electron chi connectivity index (χ4n) is 4.01. The number of aliphatic hydroxyl groups excluding tert-OH is 1. The van der Waals surface area contributed by atoms with E-state index in [0.717, 1.165) is 51.7 Å². The Kier molecular flexibility index (Phi) is 4.13. The summed E-state index contributed by atoms with van der Waals surface area (Å²) < 4.78 is 1.07. The van der Waals surface area contributed by atoms with Crippen molar-refractivity contribution in [3.05, 3.63) is 51.0 Å². The van der Waals surface area contributed by atoms with Gasteiger partial charge in [0.05, 0.1) is 5.57 Å². The van der Waals surface area contributed by atoms with Crippen molar-refractivity contribution in [3.63, 3.8) is 0 Å². The molecule has 4 heteroatoms. The molecule has 1 saturated carbocycles. The Morgan fingerprint density at radius 2 is 2.04 bits per heavy atom. The quantitative estimate of drug-likeness (QED) is 0.682. The number of aryl methyl sites for hydroxylation is 1. The average molecular weight is 403 g/mol. The molecule has 1 fully saturated rings. The predicted octanol–water partition coefficient (Wildman–Crippen LogP) is 6.01. The Morgan fingerprint density at radius 3 is 2.75 bits per heavy atom. The van der Waals surface area contributed by atoms with Crippen LogP contribution in [0.1, 0.15) is 37.3 Å². The second kappa shape index (κ2) is 6.16. The van der Waals surface area contributed by atoms with Crippen molar-refractivity contribution in [1.29, 1.82) is 0 Å². The van der Waals surface area contributed by atoms with Gasteiger partial charge in [0.15, 0.2) is 5.78 Å². The van der Waals surface area contributed by atoms with Gasteiger partial charge in [0.1, 0.15) is 5.76 Å². The summed E-state index contributed by atoms with van der Waals surface area (Å²) in [6.07, 6.45) is 3.52. The highest BCUT2D eigenvalue weighted by molar-refractivity contribution is 9.10. The number of ketones is 1. The molecule has 0 spiro atoms. The molecule has 2 nitrogen and oxygen atoms in total. The van der Waals surface area contributed by atoms with E-state index < -0.39 is 0 Å². The van der Waals surface area contributed by atoms with Crippen molar-refractivity contribution in [2.24, 2.45) is 11.8 Å². The Balaban J connectivity index is 1.87. The molecular weight excluding hydrogens is 384 g/mol. The van der Waals surface area contributed by atoms with Crippen LogP contribution in [-0.2, 0) is 11.2 Å². The van der Waals surface area contributed by atoms with E-state index in [-0.39, 0.29) is 17.6 Å². The van der Waals surface area contributed by atoms with E-state index in [9.17, 15) is 9.90 Å². The van der Waals surface area contributed by atoms with Gasteiger partial charge in [0.2, 0.25) is 0 Å². The number of carbonyl (C=O) groups is 1. The maximum atomic E-state index is 12.9. The van der Waals surface area contributed by atoms with Crippen LogP contribution in [0.4, 0.5) is 0 Å². The summed E-state index contributed by atoms with van der Waals surface area (Å²) >= 11 is 5.18. The van der Waals surface area contributed by atoms with Gasteiger partial charge in [-0.3, -0.25) is 4.79 Å². The topological polar surface area (TPSA) is 37.3 Å². The summed E-state index contributed by atoms with van der Waals surface area (Å²) in [4.78, 5) is 14.1. The normalized spacial score (nSPS) is 23.2. The maximum absolute atomic E-state index is 12.9. The van der Waals surface area contributed by atoms with Crippen LogP contribution in [0.2, 0.25) is 0 Å². The molecule has 0 saturated heterocycles. The van der Waals surface area contributed by atoms with Crippen LogP contribution in [0.25, 0.3) is 16.0 Å². The SMILES string of the molecule is CCc1ccc(-c2cc(Br)cs2)cc1C1=C(O)C2CCC(C2)C1=O. The Hall–Kier alpha value is -1.39. The minimum Gasteiger partial charge on any atom is -0.511 e. The molecule has 1 heterocycles. The van der Waals surface area contributed by atoms with Crippen molar-refractivity contribution in [2.45, 2.75) is 32.6 Å². The van der Waals surface area contributed by atoms with Crippen LogP contribution in [0.5, 0.6) is 0 Å². The molecule has 124 valence electrons. The zero-order chi connectivity index (χ0) is 16.8. The van der Waals surface area contributed by atoms with Crippen LogP contribution in [0.3, 0.4) is 0 Å². The monoisotopic (exact) mass is 402 g/mol. The molecule has 1 N–H and O–H groups in total. The van der Waals surface area contributed by atoms with Gasteiger partial charge in [-0.05, 0) is 70.4 Å². The highest BCUT2D eigenvalue weighted by atomic mass is 79.9. The molecule has 2 aliphatic rings. The van der Waals surface area contributed by atoms with Crippen LogP contribution in [-0.4, -0.2) is 10.9 Å². The van der Waals surface area contributed by atoms with Gasteiger partial charge in [-0.25, -0.2) is 0 Å². The number of aliphatic hydroxyl groups is 1. The number of rotatable bonds is 3. The largest absolute Gasteiger partial charge is 0.511 e. The lowest BCUT2D eigenvalue weighted by Gasteiger charge is -2.23. The summed E-state index contributed by atoms with van der Waals surface area (Å²) in [5.74, 6) is 0.741. The first-order valence-electron chi connectivity index (χ1n) is 8.43. The van der Waals surface area contributed by atoms with Crippen molar-refractivity contribution in [3.8, 4) is 10.4 Å². The minimum absolute atomic E-state index is 0.102. The van der Waals surface area contributed by atoms with Crippen LogP contribution < -0.4 is 0 Å². The molecule has 2 aromatic rings. The van der Waals surface area contributed by atoms with E-state index in [1.54, 1.807) is 11.3 Å². The number of thiophene rings is 1. The smallest absolute Gasteiger partial charge is 0.169 e. The van der Waals surface area contributed by atoms with Crippen molar-refractivity contribution < 1.29 is 9.90 Å². The molecule has 2 unspecified atom stereocenters. The standard InChI is InChI=1S/C20H19BrO2S/c1-2-11-3-4-12(17-9-15(21)10-24-17)8-16(11)18-19(22)13-5-6-14(7-13)20(18)23/h3-4,8-10,13-14,22H,2,5-7H2,1H3. The van der Waals surface area contributed by atoms with Crippen molar-refractivity contribution in [1.82, 2.24) is 0 Å². The lowest BCUT2D eigenvalue weighted by Crippen LogP contribution is -2.22.